The Kier molecular flexibility index (Phi) is 6.07. The van der Waals surface area contributed by atoms with Gasteiger partial charge in [0, 0.05) is 11.1 Å². The second kappa shape index (κ2) is 8.47. The van der Waals surface area contributed by atoms with Gasteiger partial charge in [-0.3, -0.25) is 4.79 Å². The maximum atomic E-state index is 12.6. The van der Waals surface area contributed by atoms with Crippen molar-refractivity contribution in [3.8, 4) is 0 Å². The highest BCUT2D eigenvalue weighted by atomic mass is 16.1. The Morgan fingerprint density at radius 3 is 2.12 bits per heavy atom. The van der Waals surface area contributed by atoms with Crippen LogP contribution in [0.4, 0.5) is 0 Å². The van der Waals surface area contributed by atoms with Crippen LogP contribution < -0.4 is 0 Å². The van der Waals surface area contributed by atoms with Crippen molar-refractivity contribution in [2.24, 2.45) is 0 Å². The smallest absolute Gasteiger partial charge is 0.193 e. The van der Waals surface area contributed by atoms with Gasteiger partial charge in [0.05, 0.1) is 0 Å². The number of hydrogen-bond acceptors (Lipinski definition) is 1. The molecule has 0 saturated heterocycles. The van der Waals surface area contributed by atoms with E-state index in [1.165, 1.54) is 63.4 Å². The van der Waals surface area contributed by atoms with E-state index >= 15 is 0 Å². The Morgan fingerprint density at radius 1 is 0.840 bits per heavy atom. The van der Waals surface area contributed by atoms with Gasteiger partial charge in [0.15, 0.2) is 5.78 Å². The molecule has 0 unspecified atom stereocenters. The summed E-state index contributed by atoms with van der Waals surface area (Å²) in [5.41, 5.74) is 3.37. The topological polar surface area (TPSA) is 17.1 Å². The highest BCUT2D eigenvalue weighted by Crippen LogP contribution is 2.43. The molecular formula is C24H30O. The van der Waals surface area contributed by atoms with E-state index in [9.17, 15) is 4.79 Å². The quantitative estimate of drug-likeness (QED) is 0.407. The summed E-state index contributed by atoms with van der Waals surface area (Å²) in [4.78, 5) is 12.6. The minimum Gasteiger partial charge on any atom is -0.289 e. The Morgan fingerprint density at radius 2 is 1.48 bits per heavy atom. The summed E-state index contributed by atoms with van der Waals surface area (Å²) in [5.74, 6) is 0.121. The molecule has 0 atom stereocenters. The lowest BCUT2D eigenvalue weighted by Crippen LogP contribution is -2.29. The van der Waals surface area contributed by atoms with E-state index in [1.54, 1.807) is 0 Å². The third-order valence-electron chi connectivity index (χ3n) is 5.86. The van der Waals surface area contributed by atoms with Crippen molar-refractivity contribution in [3.63, 3.8) is 0 Å². The van der Waals surface area contributed by atoms with Crippen LogP contribution in [0.3, 0.4) is 0 Å². The van der Waals surface area contributed by atoms with Crippen LogP contribution in [0.2, 0.25) is 0 Å². The van der Waals surface area contributed by atoms with Crippen molar-refractivity contribution in [2.75, 3.05) is 0 Å². The molecule has 0 amide bonds. The van der Waals surface area contributed by atoms with Crippen molar-refractivity contribution in [1.29, 1.82) is 0 Å². The molecule has 0 aromatic heterocycles. The monoisotopic (exact) mass is 334 g/mol. The van der Waals surface area contributed by atoms with Crippen LogP contribution in [0.15, 0.2) is 54.6 Å². The van der Waals surface area contributed by atoms with E-state index in [2.05, 4.69) is 19.1 Å². The standard InChI is InChI=1S/C24H30O/c1-2-3-8-17-24(18-9-5-10-19-24)22-15-13-21(14-16-22)23(25)20-11-6-4-7-12-20/h4,6-7,11-16H,2-3,5,8-10,17-19H2,1H3. The second-order valence-electron chi connectivity index (χ2n) is 7.57. The van der Waals surface area contributed by atoms with Crippen LogP contribution in [0.25, 0.3) is 0 Å². The zero-order valence-corrected chi connectivity index (χ0v) is 15.5. The summed E-state index contributed by atoms with van der Waals surface area (Å²) < 4.78 is 0. The predicted octanol–water partition coefficient (Wildman–Crippen LogP) is 6.70. The Hall–Kier alpha value is -1.89. The molecular weight excluding hydrogens is 304 g/mol. The third-order valence-corrected chi connectivity index (χ3v) is 5.86. The first-order valence-corrected chi connectivity index (χ1v) is 9.95. The predicted molar refractivity (Wildman–Crippen MR) is 105 cm³/mol. The van der Waals surface area contributed by atoms with Gasteiger partial charge in [0.25, 0.3) is 0 Å². The van der Waals surface area contributed by atoms with Gasteiger partial charge >= 0.3 is 0 Å². The van der Waals surface area contributed by atoms with Gasteiger partial charge in [-0.2, -0.15) is 0 Å². The zero-order valence-electron chi connectivity index (χ0n) is 15.5. The van der Waals surface area contributed by atoms with Crippen LogP contribution in [0, 0.1) is 0 Å². The average molecular weight is 335 g/mol. The van der Waals surface area contributed by atoms with E-state index in [4.69, 9.17) is 0 Å². The molecule has 25 heavy (non-hydrogen) atoms. The molecule has 1 fully saturated rings. The highest BCUT2D eigenvalue weighted by Gasteiger charge is 2.33. The normalized spacial score (nSPS) is 16.5. The highest BCUT2D eigenvalue weighted by molar-refractivity contribution is 6.08. The molecule has 1 heteroatoms. The van der Waals surface area contributed by atoms with Gasteiger partial charge in [-0.15, -0.1) is 0 Å². The van der Waals surface area contributed by atoms with Gasteiger partial charge in [-0.1, -0.05) is 100 Å². The van der Waals surface area contributed by atoms with Gasteiger partial charge in [0.1, 0.15) is 0 Å². The van der Waals surface area contributed by atoms with Crippen molar-refractivity contribution in [3.05, 3.63) is 71.3 Å². The van der Waals surface area contributed by atoms with E-state index in [0.717, 1.165) is 11.1 Å². The molecule has 0 N–H and O–H groups in total. The lowest BCUT2D eigenvalue weighted by molar-refractivity contribution is 0.103. The fourth-order valence-electron chi connectivity index (χ4n) is 4.36. The molecule has 0 aliphatic heterocycles. The minimum atomic E-state index is 0.121. The van der Waals surface area contributed by atoms with Crippen molar-refractivity contribution in [1.82, 2.24) is 0 Å². The van der Waals surface area contributed by atoms with Crippen LogP contribution in [-0.4, -0.2) is 5.78 Å². The molecule has 0 spiro atoms. The molecule has 1 aliphatic rings. The number of unbranched alkanes of at least 4 members (excludes halogenated alkanes) is 2. The summed E-state index contributed by atoms with van der Waals surface area (Å²) in [6.45, 7) is 2.28. The Balaban J connectivity index is 1.80. The Bertz CT molecular complexity index is 663. The van der Waals surface area contributed by atoms with Crippen LogP contribution in [0.1, 0.15) is 86.2 Å². The van der Waals surface area contributed by atoms with Crippen molar-refractivity contribution < 1.29 is 4.79 Å². The molecule has 3 rings (SSSR count). The summed E-state index contributed by atoms with van der Waals surface area (Å²) in [6, 6.07) is 18.1. The molecule has 1 nitrogen and oxygen atoms in total. The van der Waals surface area contributed by atoms with Crippen molar-refractivity contribution >= 4 is 5.78 Å². The molecule has 1 saturated carbocycles. The fraction of sp³-hybridized carbons (Fsp3) is 0.458. The fourth-order valence-corrected chi connectivity index (χ4v) is 4.36. The first-order valence-electron chi connectivity index (χ1n) is 9.95. The van der Waals surface area contributed by atoms with Gasteiger partial charge < -0.3 is 0 Å². The molecule has 1 aliphatic carbocycles. The third kappa shape index (κ3) is 4.21. The first kappa shape index (κ1) is 17.9. The minimum absolute atomic E-state index is 0.121. The number of ketones is 1. The molecule has 2 aromatic rings. The van der Waals surface area contributed by atoms with Crippen LogP contribution >= 0.6 is 0 Å². The maximum absolute atomic E-state index is 12.6. The molecule has 0 bridgehead atoms. The summed E-state index contributed by atoms with van der Waals surface area (Å²) in [6.07, 6.45) is 11.9. The molecule has 132 valence electrons. The number of carbonyl (C=O) groups is 1. The Labute approximate surface area is 152 Å². The number of benzene rings is 2. The number of hydrogen-bond donors (Lipinski definition) is 0. The largest absolute Gasteiger partial charge is 0.289 e. The average Bonchev–Trinajstić information content (AvgIpc) is 2.69. The van der Waals surface area contributed by atoms with Crippen LogP contribution in [-0.2, 0) is 5.41 Å². The molecule has 2 aromatic carbocycles. The number of rotatable bonds is 7. The van der Waals surface area contributed by atoms with Gasteiger partial charge in [0.2, 0.25) is 0 Å². The summed E-state index contributed by atoms with van der Waals surface area (Å²) >= 11 is 0. The summed E-state index contributed by atoms with van der Waals surface area (Å²) in [7, 11) is 0. The van der Waals surface area contributed by atoms with E-state index in [0.29, 0.717) is 5.41 Å². The van der Waals surface area contributed by atoms with E-state index in [1.807, 2.05) is 42.5 Å². The van der Waals surface area contributed by atoms with Gasteiger partial charge in [-0.25, -0.2) is 0 Å². The van der Waals surface area contributed by atoms with E-state index in [-0.39, 0.29) is 5.78 Å². The van der Waals surface area contributed by atoms with Gasteiger partial charge in [-0.05, 0) is 30.2 Å². The second-order valence-corrected chi connectivity index (χ2v) is 7.57. The zero-order chi connectivity index (χ0) is 17.5. The lowest BCUT2D eigenvalue weighted by Gasteiger charge is -2.38. The lowest BCUT2D eigenvalue weighted by atomic mass is 9.66. The maximum Gasteiger partial charge on any atom is 0.193 e. The molecule has 0 radical (unpaired) electrons. The summed E-state index contributed by atoms with van der Waals surface area (Å²) in [5, 5.41) is 0. The SMILES string of the molecule is CCCCCC1(c2ccc(C(=O)c3ccccc3)cc2)CCCCC1. The van der Waals surface area contributed by atoms with Crippen LogP contribution in [0.5, 0.6) is 0 Å². The number of carbonyl (C=O) groups excluding carboxylic acids is 1. The van der Waals surface area contributed by atoms with E-state index < -0.39 is 0 Å². The first-order chi connectivity index (χ1) is 12.2. The molecule has 0 heterocycles. The van der Waals surface area contributed by atoms with Crippen molar-refractivity contribution in [2.45, 2.75) is 70.1 Å².